The zero-order valence-corrected chi connectivity index (χ0v) is 24.0. The van der Waals surface area contributed by atoms with Crippen molar-refractivity contribution in [2.75, 3.05) is 13.2 Å². The van der Waals surface area contributed by atoms with Crippen molar-refractivity contribution in [3.63, 3.8) is 0 Å². The minimum Gasteiger partial charge on any atom is -0.447 e. The average molecular weight is 587 g/mol. The second-order valence-corrected chi connectivity index (χ2v) is 9.87. The van der Waals surface area contributed by atoms with Gasteiger partial charge in [-0.05, 0) is 61.7 Å². The van der Waals surface area contributed by atoms with Crippen LogP contribution < -0.4 is 4.74 Å². The molecule has 3 aromatic rings. The lowest BCUT2D eigenvalue weighted by Crippen LogP contribution is -2.37. The van der Waals surface area contributed by atoms with Gasteiger partial charge in [-0.2, -0.15) is 13.2 Å². The Morgan fingerprint density at radius 3 is 1.95 bits per heavy atom. The zero-order valence-electron chi connectivity index (χ0n) is 24.0. The van der Waals surface area contributed by atoms with E-state index in [0.717, 1.165) is 24.0 Å². The number of alkyl halides is 3. The molecule has 0 bridgehead atoms. The normalized spacial score (nSPS) is 12.1. The molecule has 3 rings (SSSR count). The Kier molecular flexibility index (Phi) is 12.9. The summed E-state index contributed by atoms with van der Waals surface area (Å²) in [6.45, 7) is 3.01. The fourth-order valence-corrected chi connectivity index (χ4v) is 4.12. The predicted octanol–water partition coefficient (Wildman–Crippen LogP) is 7.78. The highest BCUT2D eigenvalue weighted by Gasteiger charge is 2.43. The van der Waals surface area contributed by atoms with Crippen molar-refractivity contribution in [3.05, 3.63) is 77.6 Å². The van der Waals surface area contributed by atoms with E-state index in [1.165, 1.54) is 69.7 Å². The SMILES string of the molecule is CCCCCCCCCc1cnc(-c2ccc(C(=O)Oc3ccc(C(=O)OC(COCC)C(F)(F)F)cc3)cc2)nc1. The molecule has 10 heteroatoms. The summed E-state index contributed by atoms with van der Waals surface area (Å²) in [6.07, 6.45) is 6.21. The van der Waals surface area contributed by atoms with Crippen molar-refractivity contribution in [3.8, 4) is 17.1 Å². The summed E-state index contributed by atoms with van der Waals surface area (Å²) >= 11 is 0. The smallest absolute Gasteiger partial charge is 0.427 e. The van der Waals surface area contributed by atoms with E-state index < -0.39 is 30.8 Å². The van der Waals surface area contributed by atoms with Crippen LogP contribution in [0.1, 0.15) is 85.1 Å². The lowest BCUT2D eigenvalue weighted by atomic mass is 10.1. The third-order valence-corrected chi connectivity index (χ3v) is 6.54. The highest BCUT2D eigenvalue weighted by Crippen LogP contribution is 2.25. The molecule has 0 fully saturated rings. The van der Waals surface area contributed by atoms with E-state index >= 15 is 0 Å². The Morgan fingerprint density at radius 2 is 1.36 bits per heavy atom. The first kappa shape index (κ1) is 32.7. The number of esters is 2. The van der Waals surface area contributed by atoms with Gasteiger partial charge in [-0.15, -0.1) is 0 Å². The van der Waals surface area contributed by atoms with Crippen molar-refractivity contribution >= 4 is 11.9 Å². The van der Waals surface area contributed by atoms with Gasteiger partial charge < -0.3 is 14.2 Å². The summed E-state index contributed by atoms with van der Waals surface area (Å²) in [4.78, 5) is 33.7. The van der Waals surface area contributed by atoms with Gasteiger partial charge in [0, 0.05) is 24.6 Å². The van der Waals surface area contributed by atoms with Crippen molar-refractivity contribution in [2.24, 2.45) is 0 Å². The van der Waals surface area contributed by atoms with Crippen LogP contribution in [0.5, 0.6) is 5.75 Å². The third-order valence-electron chi connectivity index (χ3n) is 6.54. The number of aryl methyl sites for hydroxylation is 1. The minimum atomic E-state index is -4.77. The average Bonchev–Trinajstić information content (AvgIpc) is 2.99. The molecule has 0 aliphatic rings. The summed E-state index contributed by atoms with van der Waals surface area (Å²) in [6, 6.07) is 11.7. The Labute approximate surface area is 244 Å². The van der Waals surface area contributed by atoms with Gasteiger partial charge in [0.15, 0.2) is 5.82 Å². The lowest BCUT2D eigenvalue weighted by molar-refractivity contribution is -0.217. The maximum absolute atomic E-state index is 13.1. The molecule has 42 heavy (non-hydrogen) atoms. The van der Waals surface area contributed by atoms with Gasteiger partial charge in [0.2, 0.25) is 6.10 Å². The number of halogens is 3. The molecule has 0 N–H and O–H groups in total. The van der Waals surface area contributed by atoms with E-state index in [0.29, 0.717) is 5.82 Å². The first-order valence-corrected chi connectivity index (χ1v) is 14.3. The molecule has 0 aliphatic heterocycles. The number of benzene rings is 2. The molecular formula is C32H37F3N2O5. The van der Waals surface area contributed by atoms with Gasteiger partial charge >= 0.3 is 18.1 Å². The second kappa shape index (κ2) is 16.6. The number of ether oxygens (including phenoxy) is 3. The van der Waals surface area contributed by atoms with Crippen LogP contribution in [-0.4, -0.2) is 47.4 Å². The monoisotopic (exact) mass is 586 g/mol. The number of carbonyl (C=O) groups excluding carboxylic acids is 2. The molecule has 1 heterocycles. The number of carbonyl (C=O) groups is 2. The van der Waals surface area contributed by atoms with Crippen LogP contribution in [0.4, 0.5) is 13.2 Å². The highest BCUT2D eigenvalue weighted by atomic mass is 19.4. The van der Waals surface area contributed by atoms with Gasteiger partial charge in [-0.3, -0.25) is 0 Å². The van der Waals surface area contributed by atoms with Crippen molar-refractivity contribution in [1.29, 1.82) is 0 Å². The standard InChI is InChI=1S/C32H37F3N2O5/c1-3-5-6-7-8-9-10-11-23-20-36-29(37-21-23)24-12-14-25(15-13-24)30(38)41-27-18-16-26(17-19-27)31(39)42-28(22-40-4-2)32(33,34)35/h12-21,28H,3-11,22H2,1-2H3. The first-order chi connectivity index (χ1) is 20.2. The molecule has 7 nitrogen and oxygen atoms in total. The fourth-order valence-electron chi connectivity index (χ4n) is 4.12. The number of unbranched alkanes of at least 4 members (excludes halogenated alkanes) is 6. The van der Waals surface area contributed by atoms with Gasteiger partial charge in [-0.1, -0.05) is 57.6 Å². The number of aromatic nitrogens is 2. The summed E-state index contributed by atoms with van der Waals surface area (Å²) in [5, 5.41) is 0. The maximum atomic E-state index is 13.1. The molecule has 0 radical (unpaired) electrons. The van der Waals surface area contributed by atoms with Crippen molar-refractivity contribution in [1.82, 2.24) is 9.97 Å². The third kappa shape index (κ3) is 10.6. The zero-order chi connectivity index (χ0) is 30.4. The number of hydrogen-bond acceptors (Lipinski definition) is 7. The van der Waals surface area contributed by atoms with Gasteiger partial charge in [0.1, 0.15) is 5.75 Å². The van der Waals surface area contributed by atoms with Gasteiger partial charge in [0.05, 0.1) is 17.7 Å². The molecule has 1 unspecified atom stereocenters. The summed E-state index contributed by atoms with van der Waals surface area (Å²) in [7, 11) is 0. The number of nitrogens with zero attached hydrogens (tertiary/aromatic N) is 2. The Morgan fingerprint density at radius 1 is 0.786 bits per heavy atom. The van der Waals surface area contributed by atoms with Crippen LogP contribution >= 0.6 is 0 Å². The molecule has 0 aliphatic carbocycles. The summed E-state index contributed by atoms with van der Waals surface area (Å²) in [5.74, 6) is -1.15. The Bertz CT molecular complexity index is 1250. The molecule has 0 saturated heterocycles. The Balaban J connectivity index is 1.50. The van der Waals surface area contributed by atoms with Crippen LogP contribution in [0.25, 0.3) is 11.4 Å². The van der Waals surface area contributed by atoms with E-state index in [2.05, 4.69) is 21.6 Å². The molecule has 1 atom stereocenters. The molecule has 0 saturated carbocycles. The van der Waals surface area contributed by atoms with E-state index in [1.54, 1.807) is 24.3 Å². The van der Waals surface area contributed by atoms with Crippen LogP contribution in [0.15, 0.2) is 60.9 Å². The van der Waals surface area contributed by atoms with Crippen LogP contribution in [-0.2, 0) is 15.9 Å². The molecule has 0 spiro atoms. The number of rotatable bonds is 16. The van der Waals surface area contributed by atoms with Crippen LogP contribution in [0.2, 0.25) is 0 Å². The summed E-state index contributed by atoms with van der Waals surface area (Å²) < 4.78 is 54.0. The molecule has 0 amide bonds. The van der Waals surface area contributed by atoms with Crippen molar-refractivity contribution in [2.45, 2.75) is 77.5 Å². The maximum Gasteiger partial charge on any atom is 0.427 e. The number of hydrogen-bond donors (Lipinski definition) is 0. The first-order valence-electron chi connectivity index (χ1n) is 14.3. The molecule has 226 valence electrons. The lowest BCUT2D eigenvalue weighted by Gasteiger charge is -2.20. The largest absolute Gasteiger partial charge is 0.447 e. The molecule has 2 aromatic carbocycles. The van der Waals surface area contributed by atoms with E-state index in [9.17, 15) is 22.8 Å². The molecule has 1 aromatic heterocycles. The van der Waals surface area contributed by atoms with Crippen LogP contribution in [0, 0.1) is 0 Å². The van der Waals surface area contributed by atoms with Gasteiger partial charge in [-0.25, -0.2) is 19.6 Å². The highest BCUT2D eigenvalue weighted by molar-refractivity contribution is 5.92. The predicted molar refractivity (Wildman–Crippen MR) is 152 cm³/mol. The topological polar surface area (TPSA) is 87.6 Å². The summed E-state index contributed by atoms with van der Waals surface area (Å²) in [5.41, 5.74) is 2.00. The second-order valence-electron chi connectivity index (χ2n) is 9.87. The Hall–Kier alpha value is -3.79. The van der Waals surface area contributed by atoms with E-state index in [4.69, 9.17) is 9.47 Å². The minimum absolute atomic E-state index is 0.0488. The van der Waals surface area contributed by atoms with E-state index in [-0.39, 0.29) is 23.5 Å². The van der Waals surface area contributed by atoms with E-state index in [1.807, 2.05) is 12.4 Å². The van der Waals surface area contributed by atoms with Crippen molar-refractivity contribution < 1.29 is 37.0 Å². The fraction of sp³-hybridized carbons (Fsp3) is 0.438. The quantitative estimate of drug-likeness (QED) is 0.0962. The van der Waals surface area contributed by atoms with Crippen LogP contribution in [0.3, 0.4) is 0 Å². The van der Waals surface area contributed by atoms with Gasteiger partial charge in [0.25, 0.3) is 0 Å². The molecular weight excluding hydrogens is 549 g/mol.